The maximum Gasteiger partial charge on any atom is 0.115 e. The second-order valence-corrected chi connectivity index (χ2v) is 6.62. The predicted octanol–water partition coefficient (Wildman–Crippen LogP) is 3.01. The van der Waals surface area contributed by atoms with Gasteiger partial charge in [-0.2, -0.15) is 0 Å². The van der Waals surface area contributed by atoms with Gasteiger partial charge >= 0.3 is 0 Å². The van der Waals surface area contributed by atoms with Gasteiger partial charge in [-0.25, -0.2) is 0 Å². The van der Waals surface area contributed by atoms with Gasteiger partial charge in [0.2, 0.25) is 0 Å². The molecule has 0 amide bonds. The Bertz CT molecular complexity index is 644. The quantitative estimate of drug-likeness (QED) is 0.808. The van der Waals surface area contributed by atoms with Crippen molar-refractivity contribution in [3.05, 3.63) is 65.7 Å². The van der Waals surface area contributed by atoms with E-state index in [9.17, 15) is 15.3 Å². The van der Waals surface area contributed by atoms with Crippen molar-refractivity contribution >= 4 is 0 Å². The number of aliphatic hydroxyl groups is 2. The molecule has 2 unspecified atom stereocenters. The van der Waals surface area contributed by atoms with E-state index in [4.69, 9.17) is 0 Å². The van der Waals surface area contributed by atoms with Crippen LogP contribution in [-0.2, 0) is 0 Å². The summed E-state index contributed by atoms with van der Waals surface area (Å²) in [4.78, 5) is 2.28. The van der Waals surface area contributed by atoms with Crippen molar-refractivity contribution < 1.29 is 15.3 Å². The highest BCUT2D eigenvalue weighted by molar-refractivity contribution is 5.28. The Labute approximate surface area is 143 Å². The topological polar surface area (TPSA) is 63.9 Å². The maximum absolute atomic E-state index is 10.8. The number of rotatable bonds is 4. The van der Waals surface area contributed by atoms with E-state index in [0.717, 1.165) is 18.5 Å². The van der Waals surface area contributed by atoms with Gasteiger partial charge in [0.1, 0.15) is 5.75 Å². The summed E-state index contributed by atoms with van der Waals surface area (Å²) in [6.45, 7) is 2.77. The molecule has 0 spiro atoms. The van der Waals surface area contributed by atoms with Gasteiger partial charge in [-0.15, -0.1) is 0 Å². The lowest BCUT2D eigenvalue weighted by Crippen LogP contribution is -2.46. The Hall–Kier alpha value is -1.88. The highest BCUT2D eigenvalue weighted by Crippen LogP contribution is 2.36. The summed E-state index contributed by atoms with van der Waals surface area (Å²) in [7, 11) is 0. The van der Waals surface area contributed by atoms with Crippen LogP contribution in [0.3, 0.4) is 0 Å². The Morgan fingerprint density at radius 3 is 2.38 bits per heavy atom. The van der Waals surface area contributed by atoms with Crippen LogP contribution in [0.4, 0.5) is 0 Å². The fourth-order valence-corrected chi connectivity index (χ4v) is 3.59. The number of hydrogen-bond acceptors (Lipinski definition) is 4. The molecule has 3 N–H and O–H groups in total. The molecule has 1 fully saturated rings. The Morgan fingerprint density at radius 1 is 1.04 bits per heavy atom. The van der Waals surface area contributed by atoms with E-state index in [0.29, 0.717) is 6.42 Å². The first-order chi connectivity index (χ1) is 11.6. The molecular weight excluding hydrogens is 302 g/mol. The molecule has 4 nitrogen and oxygen atoms in total. The second-order valence-electron chi connectivity index (χ2n) is 6.62. The fourth-order valence-electron chi connectivity index (χ4n) is 3.59. The molecule has 2 aromatic rings. The molecule has 0 radical (unpaired) electrons. The molecule has 0 bridgehead atoms. The van der Waals surface area contributed by atoms with Crippen molar-refractivity contribution in [2.24, 2.45) is 0 Å². The Balaban J connectivity index is 1.83. The first kappa shape index (κ1) is 17.0. The van der Waals surface area contributed by atoms with Gasteiger partial charge in [0.25, 0.3) is 0 Å². The highest BCUT2D eigenvalue weighted by atomic mass is 16.3. The normalized spacial score (nSPS) is 24.5. The Kier molecular flexibility index (Phi) is 5.19. The van der Waals surface area contributed by atoms with Crippen LogP contribution in [0.25, 0.3) is 0 Å². The summed E-state index contributed by atoms with van der Waals surface area (Å²) in [6, 6.07) is 16.9. The van der Waals surface area contributed by atoms with Gasteiger partial charge in [0.15, 0.2) is 0 Å². The summed E-state index contributed by atoms with van der Waals surface area (Å²) < 4.78 is 0. The van der Waals surface area contributed by atoms with Crippen LogP contribution in [0, 0.1) is 0 Å². The molecule has 3 rings (SSSR count). The number of phenols is 1. The van der Waals surface area contributed by atoms with Crippen molar-refractivity contribution in [3.8, 4) is 5.75 Å². The smallest absolute Gasteiger partial charge is 0.115 e. The average Bonchev–Trinajstić information content (AvgIpc) is 2.62. The summed E-state index contributed by atoms with van der Waals surface area (Å²) in [6.07, 6.45) is 0.448. The van der Waals surface area contributed by atoms with E-state index in [1.807, 2.05) is 25.1 Å². The van der Waals surface area contributed by atoms with Crippen molar-refractivity contribution in [3.63, 3.8) is 0 Å². The summed E-state index contributed by atoms with van der Waals surface area (Å²) >= 11 is 0. The zero-order valence-electron chi connectivity index (χ0n) is 13.9. The third-order valence-electron chi connectivity index (χ3n) is 5.02. The van der Waals surface area contributed by atoms with Gasteiger partial charge < -0.3 is 15.3 Å². The lowest BCUT2D eigenvalue weighted by Gasteiger charge is -2.43. The minimum absolute atomic E-state index is 0.0905. The van der Waals surface area contributed by atoms with E-state index in [-0.39, 0.29) is 23.9 Å². The van der Waals surface area contributed by atoms with E-state index < -0.39 is 6.10 Å². The van der Waals surface area contributed by atoms with Gasteiger partial charge in [-0.3, -0.25) is 4.90 Å². The van der Waals surface area contributed by atoms with Crippen molar-refractivity contribution in [1.29, 1.82) is 0 Å². The molecule has 1 aliphatic heterocycles. The molecule has 24 heavy (non-hydrogen) atoms. The highest BCUT2D eigenvalue weighted by Gasteiger charge is 2.34. The number of likely N-dealkylation sites (tertiary alicyclic amines) is 1. The first-order valence-electron chi connectivity index (χ1n) is 8.52. The summed E-state index contributed by atoms with van der Waals surface area (Å²) in [5, 5.41) is 30.3. The molecule has 0 aliphatic carbocycles. The van der Waals surface area contributed by atoms with E-state index in [1.165, 1.54) is 5.56 Å². The largest absolute Gasteiger partial charge is 0.508 e. The first-order valence-corrected chi connectivity index (χ1v) is 8.52. The number of benzene rings is 2. The molecule has 4 atom stereocenters. The predicted molar refractivity (Wildman–Crippen MR) is 93.7 cm³/mol. The summed E-state index contributed by atoms with van der Waals surface area (Å²) in [5.41, 5.74) is 1.96. The zero-order valence-corrected chi connectivity index (χ0v) is 13.9. The zero-order chi connectivity index (χ0) is 17.1. The lowest BCUT2D eigenvalue weighted by atomic mass is 9.90. The number of aliphatic hydroxyl groups excluding tert-OH is 2. The molecular formula is C20H25NO3. The van der Waals surface area contributed by atoms with Crippen molar-refractivity contribution in [2.45, 2.75) is 44.1 Å². The van der Waals surface area contributed by atoms with Crippen molar-refractivity contribution in [2.75, 3.05) is 6.54 Å². The van der Waals surface area contributed by atoms with Crippen LogP contribution < -0.4 is 0 Å². The molecule has 1 aliphatic rings. The standard InChI is InChI=1S/C20H25NO3/c1-14(20(24)16-7-9-17(22)10-8-16)21-12-11-18(23)13-19(21)15-5-3-2-4-6-15/h2-10,14,18-20,22-24H,11-13H2,1H3/t14-,18?,19?,20+/m0/s1. The molecule has 2 aromatic carbocycles. The third-order valence-corrected chi connectivity index (χ3v) is 5.02. The monoisotopic (exact) mass is 327 g/mol. The molecule has 1 saturated heterocycles. The lowest BCUT2D eigenvalue weighted by molar-refractivity contribution is -0.0221. The number of aromatic hydroxyl groups is 1. The molecule has 1 heterocycles. The number of phenolic OH excluding ortho intramolecular Hbond substituents is 1. The minimum Gasteiger partial charge on any atom is -0.508 e. The molecule has 128 valence electrons. The van der Waals surface area contributed by atoms with Gasteiger partial charge in [0, 0.05) is 18.6 Å². The maximum atomic E-state index is 10.8. The van der Waals surface area contributed by atoms with Crippen molar-refractivity contribution in [1.82, 2.24) is 4.90 Å². The number of hydrogen-bond donors (Lipinski definition) is 3. The molecule has 4 heteroatoms. The van der Waals surface area contributed by atoms with Crippen LogP contribution in [0.5, 0.6) is 5.75 Å². The van der Waals surface area contributed by atoms with Gasteiger partial charge in [-0.1, -0.05) is 42.5 Å². The number of nitrogens with zero attached hydrogens (tertiary/aromatic N) is 1. The minimum atomic E-state index is -0.646. The molecule has 0 saturated carbocycles. The van der Waals surface area contributed by atoms with Crippen LogP contribution in [0.2, 0.25) is 0 Å². The van der Waals surface area contributed by atoms with E-state index in [2.05, 4.69) is 17.0 Å². The Morgan fingerprint density at radius 2 is 1.71 bits per heavy atom. The van der Waals surface area contributed by atoms with Crippen LogP contribution in [-0.4, -0.2) is 38.9 Å². The number of piperidine rings is 1. The van der Waals surface area contributed by atoms with E-state index >= 15 is 0 Å². The van der Waals surface area contributed by atoms with Crippen LogP contribution in [0.15, 0.2) is 54.6 Å². The van der Waals surface area contributed by atoms with Gasteiger partial charge in [-0.05, 0) is 43.0 Å². The van der Waals surface area contributed by atoms with Gasteiger partial charge in [0.05, 0.1) is 12.2 Å². The molecule has 0 aromatic heterocycles. The van der Waals surface area contributed by atoms with Crippen LogP contribution >= 0.6 is 0 Å². The van der Waals surface area contributed by atoms with Crippen LogP contribution in [0.1, 0.15) is 43.0 Å². The third kappa shape index (κ3) is 3.61. The second kappa shape index (κ2) is 7.34. The summed E-state index contributed by atoms with van der Waals surface area (Å²) in [5.74, 6) is 0.196. The SMILES string of the molecule is C[C@@H]([C@@H](O)c1ccc(O)cc1)N1CCC(O)CC1c1ccccc1. The average molecular weight is 327 g/mol. The fraction of sp³-hybridized carbons (Fsp3) is 0.400. The van der Waals surface area contributed by atoms with E-state index in [1.54, 1.807) is 24.3 Å².